The molecule has 0 saturated heterocycles. The second-order valence-corrected chi connectivity index (χ2v) is 4.49. The molecule has 0 fully saturated rings. The summed E-state index contributed by atoms with van der Waals surface area (Å²) >= 11 is 1.37. The Labute approximate surface area is 108 Å². The first-order chi connectivity index (χ1) is 8.85. The number of rotatable bonds is 3. The first-order valence-corrected chi connectivity index (χ1v) is 6.21. The van der Waals surface area contributed by atoms with Crippen LogP contribution >= 0.6 is 11.8 Å². The van der Waals surface area contributed by atoms with Gasteiger partial charge in [-0.1, -0.05) is 12.1 Å². The summed E-state index contributed by atoms with van der Waals surface area (Å²) in [7, 11) is 1.78. The van der Waals surface area contributed by atoms with Crippen LogP contribution in [0.2, 0.25) is 0 Å². The molecule has 2 heterocycles. The molecule has 6 heteroatoms. The predicted molar refractivity (Wildman–Crippen MR) is 69.7 cm³/mol. The molecule has 0 unspecified atom stereocenters. The molecule has 3 aromatic rings. The molecule has 0 aliphatic heterocycles. The third kappa shape index (κ3) is 2.14. The van der Waals surface area contributed by atoms with E-state index >= 15 is 0 Å². The highest BCUT2D eigenvalue weighted by Gasteiger charge is 2.08. The van der Waals surface area contributed by atoms with Crippen molar-refractivity contribution in [1.82, 2.24) is 15.0 Å². The monoisotopic (exact) mass is 258 g/mol. The summed E-state index contributed by atoms with van der Waals surface area (Å²) in [5.74, 6) is 0.580. The van der Waals surface area contributed by atoms with Crippen molar-refractivity contribution in [1.29, 1.82) is 0 Å². The Morgan fingerprint density at radius 1 is 1.17 bits per heavy atom. The molecular formula is C12H10N4OS. The van der Waals surface area contributed by atoms with Crippen molar-refractivity contribution in [2.75, 3.05) is 12.4 Å². The zero-order valence-corrected chi connectivity index (χ0v) is 10.4. The van der Waals surface area contributed by atoms with E-state index < -0.39 is 0 Å². The molecule has 3 rings (SSSR count). The van der Waals surface area contributed by atoms with E-state index in [9.17, 15) is 0 Å². The summed E-state index contributed by atoms with van der Waals surface area (Å²) in [4.78, 5) is 12.7. The van der Waals surface area contributed by atoms with Gasteiger partial charge in [0.15, 0.2) is 5.58 Å². The van der Waals surface area contributed by atoms with Crippen LogP contribution in [0.1, 0.15) is 0 Å². The Morgan fingerprint density at radius 3 is 2.89 bits per heavy atom. The first-order valence-electron chi connectivity index (χ1n) is 5.39. The van der Waals surface area contributed by atoms with Gasteiger partial charge in [-0.3, -0.25) is 0 Å². The Morgan fingerprint density at radius 2 is 2.06 bits per heavy atom. The molecule has 0 bridgehead atoms. The number of nitrogens with zero attached hydrogens (tertiary/aromatic N) is 3. The Kier molecular flexibility index (Phi) is 2.85. The standard InChI is InChI=1S/C12H10N4OS/c1-13-11-14-7-6-10(16-11)18-12-15-8-4-2-3-5-9(8)17-12/h2-7H,1H3,(H,13,14,16). The van der Waals surface area contributed by atoms with Crippen molar-refractivity contribution in [2.45, 2.75) is 10.2 Å². The van der Waals surface area contributed by atoms with E-state index in [4.69, 9.17) is 4.42 Å². The Bertz CT molecular complexity index is 649. The van der Waals surface area contributed by atoms with Gasteiger partial charge in [-0.05, 0) is 30.0 Å². The van der Waals surface area contributed by atoms with E-state index in [2.05, 4.69) is 20.3 Å². The predicted octanol–water partition coefficient (Wildman–Crippen LogP) is 2.81. The molecule has 0 saturated carbocycles. The zero-order valence-electron chi connectivity index (χ0n) is 9.62. The molecule has 0 spiro atoms. The lowest BCUT2D eigenvalue weighted by Gasteiger charge is -1.99. The highest BCUT2D eigenvalue weighted by Crippen LogP contribution is 2.28. The van der Waals surface area contributed by atoms with Gasteiger partial charge in [0.2, 0.25) is 5.95 Å². The molecule has 0 amide bonds. The average molecular weight is 258 g/mol. The van der Waals surface area contributed by atoms with E-state index in [1.165, 1.54) is 11.8 Å². The average Bonchev–Trinajstić information content (AvgIpc) is 2.81. The molecule has 18 heavy (non-hydrogen) atoms. The normalized spacial score (nSPS) is 10.7. The first kappa shape index (κ1) is 11.0. The zero-order chi connectivity index (χ0) is 12.4. The maximum absolute atomic E-state index is 5.62. The fourth-order valence-electron chi connectivity index (χ4n) is 1.50. The number of oxazole rings is 1. The van der Waals surface area contributed by atoms with Crippen molar-refractivity contribution in [3.05, 3.63) is 36.5 Å². The minimum absolute atomic E-state index is 0.580. The number of hydrogen-bond acceptors (Lipinski definition) is 6. The maximum atomic E-state index is 5.62. The smallest absolute Gasteiger partial charge is 0.263 e. The number of nitrogens with one attached hydrogen (secondary N) is 1. The van der Waals surface area contributed by atoms with E-state index in [0.717, 1.165) is 16.1 Å². The molecule has 90 valence electrons. The summed E-state index contributed by atoms with van der Waals surface area (Å²) < 4.78 is 5.62. The summed E-state index contributed by atoms with van der Waals surface area (Å²) in [6, 6.07) is 9.49. The van der Waals surface area contributed by atoms with Crippen molar-refractivity contribution in [2.24, 2.45) is 0 Å². The molecule has 0 radical (unpaired) electrons. The van der Waals surface area contributed by atoms with Gasteiger partial charge in [-0.2, -0.15) is 0 Å². The molecule has 5 nitrogen and oxygen atoms in total. The Hall–Kier alpha value is -2.08. The lowest BCUT2D eigenvalue weighted by atomic mass is 10.3. The van der Waals surface area contributed by atoms with Gasteiger partial charge in [-0.25, -0.2) is 15.0 Å². The van der Waals surface area contributed by atoms with Crippen LogP contribution in [0.4, 0.5) is 5.95 Å². The van der Waals surface area contributed by atoms with Crippen LogP contribution in [0.15, 0.2) is 51.2 Å². The van der Waals surface area contributed by atoms with E-state index in [1.54, 1.807) is 13.2 Å². The number of hydrogen-bond donors (Lipinski definition) is 1. The third-order valence-corrected chi connectivity index (χ3v) is 3.11. The number of anilines is 1. The molecule has 0 aliphatic rings. The minimum atomic E-state index is 0.580. The van der Waals surface area contributed by atoms with Gasteiger partial charge < -0.3 is 9.73 Å². The van der Waals surface area contributed by atoms with Gasteiger partial charge in [-0.15, -0.1) is 0 Å². The molecular weight excluding hydrogens is 248 g/mol. The second kappa shape index (κ2) is 4.66. The SMILES string of the molecule is CNc1nccc(Sc2nc3ccccc3o2)n1. The van der Waals surface area contributed by atoms with Gasteiger partial charge in [0.25, 0.3) is 5.22 Å². The summed E-state index contributed by atoms with van der Waals surface area (Å²) in [5.41, 5.74) is 1.63. The van der Waals surface area contributed by atoms with Crippen molar-refractivity contribution in [3.63, 3.8) is 0 Å². The minimum Gasteiger partial charge on any atom is -0.431 e. The number of benzene rings is 1. The van der Waals surface area contributed by atoms with E-state index in [0.29, 0.717) is 11.2 Å². The third-order valence-electron chi connectivity index (χ3n) is 2.32. The van der Waals surface area contributed by atoms with Gasteiger partial charge in [0.05, 0.1) is 0 Å². The molecule has 1 aromatic carbocycles. The molecule has 2 aromatic heterocycles. The molecule has 1 N–H and O–H groups in total. The lowest BCUT2D eigenvalue weighted by Crippen LogP contribution is -1.95. The number of para-hydroxylation sites is 2. The maximum Gasteiger partial charge on any atom is 0.263 e. The fourth-order valence-corrected chi connectivity index (χ4v) is 2.22. The van der Waals surface area contributed by atoms with Crippen LogP contribution < -0.4 is 5.32 Å². The van der Waals surface area contributed by atoms with Gasteiger partial charge in [0.1, 0.15) is 10.5 Å². The van der Waals surface area contributed by atoms with Crippen LogP contribution in [-0.4, -0.2) is 22.0 Å². The van der Waals surface area contributed by atoms with Crippen LogP contribution in [0.5, 0.6) is 0 Å². The number of aromatic nitrogens is 3. The Balaban J connectivity index is 1.91. The van der Waals surface area contributed by atoms with E-state index in [1.807, 2.05) is 30.3 Å². The lowest BCUT2D eigenvalue weighted by molar-refractivity contribution is 0.489. The number of fused-ring (bicyclic) bond motifs is 1. The van der Waals surface area contributed by atoms with E-state index in [-0.39, 0.29) is 0 Å². The highest BCUT2D eigenvalue weighted by atomic mass is 32.2. The fraction of sp³-hybridized carbons (Fsp3) is 0.0833. The van der Waals surface area contributed by atoms with Gasteiger partial charge >= 0.3 is 0 Å². The summed E-state index contributed by atoms with van der Waals surface area (Å²) in [5, 5.41) is 4.27. The van der Waals surface area contributed by atoms with Gasteiger partial charge in [0, 0.05) is 13.2 Å². The van der Waals surface area contributed by atoms with Crippen LogP contribution in [0.25, 0.3) is 11.1 Å². The van der Waals surface area contributed by atoms with Crippen LogP contribution in [-0.2, 0) is 0 Å². The highest BCUT2D eigenvalue weighted by molar-refractivity contribution is 7.99. The summed E-state index contributed by atoms with van der Waals surface area (Å²) in [6.07, 6.45) is 1.70. The molecule has 0 aliphatic carbocycles. The van der Waals surface area contributed by atoms with Crippen molar-refractivity contribution in [3.8, 4) is 0 Å². The quantitative estimate of drug-likeness (QED) is 0.729. The second-order valence-electron chi connectivity index (χ2n) is 3.52. The topological polar surface area (TPSA) is 63.8 Å². The van der Waals surface area contributed by atoms with Crippen molar-refractivity contribution >= 4 is 28.8 Å². The van der Waals surface area contributed by atoms with Crippen LogP contribution in [0, 0.1) is 0 Å². The van der Waals surface area contributed by atoms with Crippen LogP contribution in [0.3, 0.4) is 0 Å². The largest absolute Gasteiger partial charge is 0.431 e. The molecule has 0 atom stereocenters. The summed E-state index contributed by atoms with van der Waals surface area (Å²) in [6.45, 7) is 0. The van der Waals surface area contributed by atoms with Crippen molar-refractivity contribution < 1.29 is 4.42 Å².